The Balaban J connectivity index is 2.86. The van der Waals surface area contributed by atoms with Gasteiger partial charge in [0.1, 0.15) is 17.4 Å². The van der Waals surface area contributed by atoms with Gasteiger partial charge in [-0.3, -0.25) is 4.79 Å². The monoisotopic (exact) mass is 258 g/mol. The van der Waals surface area contributed by atoms with Gasteiger partial charge >= 0.3 is 0 Å². The Kier molecular flexibility index (Phi) is 5.62. The number of carbonyl (C=O) groups is 1. The van der Waals surface area contributed by atoms with E-state index < -0.39 is 0 Å². The third kappa shape index (κ3) is 4.47. The molecule has 0 saturated carbocycles. The van der Waals surface area contributed by atoms with Crippen LogP contribution in [0.25, 0.3) is 6.08 Å². The summed E-state index contributed by atoms with van der Waals surface area (Å²) in [6.07, 6.45) is 2.39. The molecule has 0 fully saturated rings. The van der Waals surface area contributed by atoms with Crippen LogP contribution in [-0.2, 0) is 4.79 Å². The van der Waals surface area contributed by atoms with Crippen LogP contribution in [0, 0.1) is 11.3 Å². The molecule has 0 bridgehead atoms. The van der Waals surface area contributed by atoms with Crippen LogP contribution >= 0.6 is 0 Å². The van der Waals surface area contributed by atoms with E-state index in [1.165, 1.54) is 0 Å². The van der Waals surface area contributed by atoms with Gasteiger partial charge in [0.2, 0.25) is 0 Å². The fraction of sp³-hybridized carbons (Fsp3) is 0.333. The molecule has 1 amide bonds. The van der Waals surface area contributed by atoms with Gasteiger partial charge in [-0.05, 0) is 37.1 Å². The predicted molar refractivity (Wildman–Crippen MR) is 74.5 cm³/mol. The molecule has 0 radical (unpaired) electrons. The number of amides is 1. The lowest BCUT2D eigenvalue weighted by Gasteiger charge is -2.10. The number of nitriles is 1. The third-order valence-electron chi connectivity index (χ3n) is 2.78. The highest BCUT2D eigenvalue weighted by atomic mass is 16.5. The van der Waals surface area contributed by atoms with Crippen molar-refractivity contribution in [2.75, 3.05) is 7.11 Å². The van der Waals surface area contributed by atoms with Crippen LogP contribution < -0.4 is 10.1 Å². The molecule has 1 N–H and O–H groups in total. The van der Waals surface area contributed by atoms with Gasteiger partial charge in [-0.25, -0.2) is 0 Å². The molecule has 0 aliphatic carbocycles. The number of benzene rings is 1. The zero-order valence-electron chi connectivity index (χ0n) is 11.4. The summed E-state index contributed by atoms with van der Waals surface area (Å²) in [5.41, 5.74) is 0.891. The lowest BCUT2D eigenvalue weighted by atomic mass is 10.1. The van der Waals surface area contributed by atoms with Crippen LogP contribution in [0.3, 0.4) is 0 Å². The van der Waals surface area contributed by atoms with Gasteiger partial charge in [0.05, 0.1) is 7.11 Å². The Morgan fingerprint density at radius 1 is 1.47 bits per heavy atom. The number of hydrogen-bond acceptors (Lipinski definition) is 3. The first-order valence-electron chi connectivity index (χ1n) is 6.17. The molecule has 1 rings (SSSR count). The van der Waals surface area contributed by atoms with Crippen LogP contribution in [0.5, 0.6) is 5.75 Å². The zero-order valence-corrected chi connectivity index (χ0v) is 11.4. The number of methoxy groups -OCH3 is 1. The molecule has 1 aromatic rings. The molecule has 1 atom stereocenters. The summed E-state index contributed by atoms with van der Waals surface area (Å²) in [6.45, 7) is 3.88. The largest absolute Gasteiger partial charge is 0.497 e. The topological polar surface area (TPSA) is 62.1 Å². The van der Waals surface area contributed by atoms with Crippen LogP contribution in [0.1, 0.15) is 25.8 Å². The SMILES string of the molecule is CC[C@H](C)NC(=O)/C(C#N)=C/c1ccc(OC)cc1. The Hall–Kier alpha value is -2.28. The Morgan fingerprint density at radius 2 is 2.11 bits per heavy atom. The quantitative estimate of drug-likeness (QED) is 0.652. The smallest absolute Gasteiger partial charge is 0.262 e. The van der Waals surface area contributed by atoms with Crippen molar-refractivity contribution in [2.45, 2.75) is 26.3 Å². The summed E-state index contributed by atoms with van der Waals surface area (Å²) in [5, 5.41) is 11.8. The van der Waals surface area contributed by atoms with E-state index in [4.69, 9.17) is 10.00 Å². The van der Waals surface area contributed by atoms with Crippen molar-refractivity contribution in [2.24, 2.45) is 0 Å². The number of nitrogens with zero attached hydrogens (tertiary/aromatic N) is 1. The van der Waals surface area contributed by atoms with Crippen molar-refractivity contribution in [1.82, 2.24) is 5.32 Å². The first-order valence-corrected chi connectivity index (χ1v) is 6.17. The normalized spacial score (nSPS) is 12.4. The minimum Gasteiger partial charge on any atom is -0.497 e. The standard InChI is InChI=1S/C15H18N2O2/c1-4-11(2)17-15(18)13(10-16)9-12-5-7-14(19-3)8-6-12/h5-9,11H,4H2,1-3H3,(H,17,18)/b13-9+/t11-/m0/s1. The molecule has 100 valence electrons. The highest BCUT2D eigenvalue weighted by Gasteiger charge is 2.11. The Bertz CT molecular complexity index is 498. The molecule has 4 nitrogen and oxygen atoms in total. The summed E-state index contributed by atoms with van der Waals surface area (Å²) in [4.78, 5) is 11.8. The van der Waals surface area contributed by atoms with E-state index in [1.54, 1.807) is 37.5 Å². The molecule has 0 aliphatic heterocycles. The number of rotatable bonds is 5. The molecule has 0 heterocycles. The van der Waals surface area contributed by atoms with Crippen molar-refractivity contribution in [3.63, 3.8) is 0 Å². The summed E-state index contributed by atoms with van der Waals surface area (Å²) >= 11 is 0. The van der Waals surface area contributed by atoms with E-state index in [1.807, 2.05) is 19.9 Å². The van der Waals surface area contributed by atoms with E-state index in [-0.39, 0.29) is 17.5 Å². The maximum absolute atomic E-state index is 11.8. The first kappa shape index (κ1) is 14.8. The average Bonchev–Trinajstić information content (AvgIpc) is 2.44. The second-order valence-corrected chi connectivity index (χ2v) is 4.23. The van der Waals surface area contributed by atoms with Gasteiger partial charge < -0.3 is 10.1 Å². The molecule has 0 aliphatic rings. The van der Waals surface area contributed by atoms with Crippen molar-refractivity contribution >= 4 is 12.0 Å². The van der Waals surface area contributed by atoms with E-state index in [0.29, 0.717) is 0 Å². The third-order valence-corrected chi connectivity index (χ3v) is 2.78. The van der Waals surface area contributed by atoms with Crippen LogP contribution in [-0.4, -0.2) is 19.1 Å². The minimum atomic E-state index is -0.340. The predicted octanol–water partition coefficient (Wildman–Crippen LogP) is 2.52. The minimum absolute atomic E-state index is 0.0557. The van der Waals surface area contributed by atoms with E-state index in [0.717, 1.165) is 17.7 Å². The molecule has 0 saturated heterocycles. The second kappa shape index (κ2) is 7.22. The summed E-state index contributed by atoms with van der Waals surface area (Å²) in [7, 11) is 1.59. The molecule has 0 spiro atoms. The van der Waals surface area contributed by atoms with E-state index in [2.05, 4.69) is 5.32 Å². The maximum Gasteiger partial charge on any atom is 0.262 e. The maximum atomic E-state index is 11.8. The van der Waals surface area contributed by atoms with Crippen LogP contribution in [0.2, 0.25) is 0 Å². The number of carbonyl (C=O) groups excluding carboxylic acids is 1. The number of nitrogens with one attached hydrogen (secondary N) is 1. The average molecular weight is 258 g/mol. The summed E-state index contributed by atoms with van der Waals surface area (Å²) < 4.78 is 5.05. The fourth-order valence-corrected chi connectivity index (χ4v) is 1.42. The molecule has 0 aromatic heterocycles. The van der Waals surface area contributed by atoms with Crippen molar-refractivity contribution < 1.29 is 9.53 Å². The summed E-state index contributed by atoms with van der Waals surface area (Å²) in [6, 6.07) is 9.15. The van der Waals surface area contributed by atoms with Gasteiger partial charge in [0.15, 0.2) is 0 Å². The van der Waals surface area contributed by atoms with Crippen molar-refractivity contribution in [3.8, 4) is 11.8 Å². The van der Waals surface area contributed by atoms with Gasteiger partial charge in [-0.2, -0.15) is 5.26 Å². The lowest BCUT2D eigenvalue weighted by molar-refractivity contribution is -0.117. The molecular weight excluding hydrogens is 240 g/mol. The molecule has 4 heteroatoms. The zero-order chi connectivity index (χ0) is 14.3. The van der Waals surface area contributed by atoms with E-state index >= 15 is 0 Å². The van der Waals surface area contributed by atoms with Gasteiger partial charge in [0, 0.05) is 6.04 Å². The van der Waals surface area contributed by atoms with Gasteiger partial charge in [0.25, 0.3) is 5.91 Å². The van der Waals surface area contributed by atoms with Crippen molar-refractivity contribution in [1.29, 1.82) is 5.26 Å². The molecule has 1 aromatic carbocycles. The highest BCUT2D eigenvalue weighted by Crippen LogP contribution is 2.14. The van der Waals surface area contributed by atoms with Crippen molar-refractivity contribution in [3.05, 3.63) is 35.4 Å². The van der Waals surface area contributed by atoms with Crippen LogP contribution in [0.4, 0.5) is 0 Å². The molecular formula is C15H18N2O2. The Labute approximate surface area is 113 Å². The van der Waals surface area contributed by atoms with Crippen LogP contribution in [0.15, 0.2) is 29.8 Å². The van der Waals surface area contributed by atoms with Gasteiger partial charge in [-0.15, -0.1) is 0 Å². The van der Waals surface area contributed by atoms with E-state index in [9.17, 15) is 4.79 Å². The molecule has 0 unspecified atom stereocenters. The lowest BCUT2D eigenvalue weighted by Crippen LogP contribution is -2.32. The first-order chi connectivity index (χ1) is 9.10. The number of ether oxygens (including phenoxy) is 1. The fourth-order valence-electron chi connectivity index (χ4n) is 1.42. The molecule has 19 heavy (non-hydrogen) atoms. The summed E-state index contributed by atoms with van der Waals surface area (Å²) in [5.74, 6) is 0.396. The van der Waals surface area contributed by atoms with Gasteiger partial charge in [-0.1, -0.05) is 19.1 Å². The highest BCUT2D eigenvalue weighted by molar-refractivity contribution is 6.01. The Morgan fingerprint density at radius 3 is 2.58 bits per heavy atom. The second-order valence-electron chi connectivity index (χ2n) is 4.23. The number of hydrogen-bond donors (Lipinski definition) is 1.